The van der Waals surface area contributed by atoms with Crippen molar-refractivity contribution in [1.29, 1.82) is 0 Å². The second kappa shape index (κ2) is 6.36. The second-order valence-electron chi connectivity index (χ2n) is 3.80. The lowest BCUT2D eigenvalue weighted by atomic mass is 10.2. The van der Waals surface area contributed by atoms with Crippen LogP contribution in [0.5, 0.6) is 0 Å². The highest BCUT2D eigenvalue weighted by Gasteiger charge is 2.14. The fraction of sp³-hybridized carbons (Fsp3) is 0.556. The van der Waals surface area contributed by atoms with E-state index < -0.39 is 10.0 Å². The Morgan fingerprint density at radius 3 is 2.89 bits per heavy atom. The Morgan fingerprint density at radius 1 is 1.61 bits per heavy atom. The third-order valence-corrected chi connectivity index (χ3v) is 3.69. The van der Waals surface area contributed by atoms with Gasteiger partial charge in [0.1, 0.15) is 10.7 Å². The van der Waals surface area contributed by atoms with Crippen molar-refractivity contribution < 1.29 is 13.6 Å². The quantitative estimate of drug-likeness (QED) is 0.206. The van der Waals surface area contributed by atoms with Crippen LogP contribution in [0.4, 0.5) is 0 Å². The fourth-order valence-electron chi connectivity index (χ4n) is 1.31. The number of nitrogens with zero attached hydrogens (tertiary/aromatic N) is 3. The third kappa shape index (κ3) is 4.34. The van der Waals surface area contributed by atoms with E-state index >= 15 is 0 Å². The lowest BCUT2D eigenvalue weighted by molar-refractivity contribution is 0.316. The molecule has 0 amide bonds. The van der Waals surface area contributed by atoms with Crippen LogP contribution in [-0.4, -0.2) is 35.8 Å². The molecule has 0 bridgehead atoms. The van der Waals surface area contributed by atoms with Crippen LogP contribution in [0, 0.1) is 0 Å². The second-order valence-corrected chi connectivity index (χ2v) is 5.56. The molecule has 102 valence electrons. The number of hydrogen-bond acceptors (Lipinski definition) is 5. The zero-order valence-corrected chi connectivity index (χ0v) is 10.9. The standard InChI is InChI=1S/C9H17N5O3S/c1-14-7-8(6-11-14)18(16,17)12-5-3-2-4-9(10)13-15/h6-7,12,15H,2-5H2,1H3,(H2,10,13). The summed E-state index contributed by atoms with van der Waals surface area (Å²) < 4.78 is 27.4. The fourth-order valence-corrected chi connectivity index (χ4v) is 2.37. The van der Waals surface area contributed by atoms with Gasteiger partial charge in [0, 0.05) is 26.2 Å². The van der Waals surface area contributed by atoms with E-state index in [0.29, 0.717) is 25.8 Å². The van der Waals surface area contributed by atoms with Gasteiger partial charge in [0.2, 0.25) is 10.0 Å². The molecule has 0 radical (unpaired) electrons. The molecule has 1 heterocycles. The van der Waals surface area contributed by atoms with Gasteiger partial charge in [-0.15, -0.1) is 0 Å². The molecule has 18 heavy (non-hydrogen) atoms. The van der Waals surface area contributed by atoms with Crippen molar-refractivity contribution in [3.8, 4) is 0 Å². The highest BCUT2D eigenvalue weighted by atomic mass is 32.2. The summed E-state index contributed by atoms with van der Waals surface area (Å²) in [5.74, 6) is 0.144. The maximum atomic E-state index is 11.7. The maximum absolute atomic E-state index is 11.7. The van der Waals surface area contributed by atoms with Crippen LogP contribution in [0.1, 0.15) is 19.3 Å². The zero-order chi connectivity index (χ0) is 13.6. The van der Waals surface area contributed by atoms with Gasteiger partial charge in [0.25, 0.3) is 0 Å². The molecule has 0 fully saturated rings. The van der Waals surface area contributed by atoms with Gasteiger partial charge in [-0.1, -0.05) is 5.16 Å². The minimum atomic E-state index is -3.49. The van der Waals surface area contributed by atoms with Crippen molar-refractivity contribution in [3.05, 3.63) is 12.4 Å². The van der Waals surface area contributed by atoms with Crippen molar-refractivity contribution in [2.45, 2.75) is 24.2 Å². The Hall–Kier alpha value is -1.61. The Kier molecular flexibility index (Phi) is 5.10. The molecule has 8 nitrogen and oxygen atoms in total. The van der Waals surface area contributed by atoms with Gasteiger partial charge in [-0.25, -0.2) is 13.1 Å². The van der Waals surface area contributed by atoms with E-state index in [4.69, 9.17) is 10.9 Å². The molecule has 0 saturated carbocycles. The predicted octanol–water partition coefficient (Wildman–Crippen LogP) is -0.385. The van der Waals surface area contributed by atoms with E-state index in [2.05, 4.69) is 15.0 Å². The molecular formula is C9H17N5O3S. The van der Waals surface area contributed by atoms with Crippen LogP contribution in [0.3, 0.4) is 0 Å². The molecule has 0 aliphatic rings. The molecule has 0 spiro atoms. The molecule has 0 saturated heterocycles. The van der Waals surface area contributed by atoms with Crippen molar-refractivity contribution in [3.63, 3.8) is 0 Å². The number of nitrogens with two attached hydrogens (primary N) is 1. The Labute approximate surface area is 106 Å². The lowest BCUT2D eigenvalue weighted by Gasteiger charge is -2.04. The molecule has 0 unspecified atom stereocenters. The predicted molar refractivity (Wildman–Crippen MR) is 65.7 cm³/mol. The topological polar surface area (TPSA) is 123 Å². The largest absolute Gasteiger partial charge is 0.409 e. The van der Waals surface area contributed by atoms with Gasteiger partial charge in [-0.2, -0.15) is 5.10 Å². The average molecular weight is 275 g/mol. The first-order valence-electron chi connectivity index (χ1n) is 5.40. The third-order valence-electron chi connectivity index (χ3n) is 2.27. The van der Waals surface area contributed by atoms with Crippen LogP contribution >= 0.6 is 0 Å². The highest BCUT2D eigenvalue weighted by Crippen LogP contribution is 2.06. The Balaban J connectivity index is 2.35. The number of aromatic nitrogens is 2. The number of nitrogens with one attached hydrogen (secondary N) is 1. The molecule has 0 aliphatic heterocycles. The first kappa shape index (κ1) is 14.5. The number of oxime groups is 1. The minimum absolute atomic E-state index is 0.140. The van der Waals surface area contributed by atoms with E-state index in [1.807, 2.05) is 0 Å². The summed E-state index contributed by atoms with van der Waals surface area (Å²) in [7, 11) is -1.84. The van der Waals surface area contributed by atoms with Crippen LogP contribution in [0.15, 0.2) is 22.4 Å². The lowest BCUT2D eigenvalue weighted by Crippen LogP contribution is -2.24. The van der Waals surface area contributed by atoms with Crippen LogP contribution in [-0.2, 0) is 17.1 Å². The van der Waals surface area contributed by atoms with Gasteiger partial charge >= 0.3 is 0 Å². The van der Waals surface area contributed by atoms with Crippen molar-refractivity contribution in [2.75, 3.05) is 6.54 Å². The molecule has 1 aromatic rings. The molecule has 0 aromatic carbocycles. The van der Waals surface area contributed by atoms with E-state index in [9.17, 15) is 8.42 Å². The number of unbranched alkanes of at least 4 members (excludes halogenated alkanes) is 1. The van der Waals surface area contributed by atoms with Gasteiger partial charge in [0.05, 0.1) is 6.20 Å². The summed E-state index contributed by atoms with van der Waals surface area (Å²) in [5.41, 5.74) is 5.29. The molecule has 4 N–H and O–H groups in total. The normalized spacial score (nSPS) is 12.8. The first-order valence-corrected chi connectivity index (χ1v) is 6.89. The Bertz CT molecular complexity index is 508. The van der Waals surface area contributed by atoms with Gasteiger partial charge in [-0.05, 0) is 12.8 Å². The van der Waals surface area contributed by atoms with Crippen molar-refractivity contribution >= 4 is 15.9 Å². The monoisotopic (exact) mass is 275 g/mol. The van der Waals surface area contributed by atoms with Crippen LogP contribution in [0.2, 0.25) is 0 Å². The maximum Gasteiger partial charge on any atom is 0.243 e. The summed E-state index contributed by atoms with van der Waals surface area (Å²) >= 11 is 0. The van der Waals surface area contributed by atoms with Crippen molar-refractivity contribution in [2.24, 2.45) is 17.9 Å². The molecular weight excluding hydrogens is 258 g/mol. The summed E-state index contributed by atoms with van der Waals surface area (Å²) in [4.78, 5) is 0.140. The van der Waals surface area contributed by atoms with E-state index in [1.165, 1.54) is 17.1 Å². The van der Waals surface area contributed by atoms with E-state index in [1.54, 1.807) is 7.05 Å². The summed E-state index contributed by atoms with van der Waals surface area (Å²) in [5, 5.41) is 14.9. The minimum Gasteiger partial charge on any atom is -0.409 e. The SMILES string of the molecule is Cn1cc(S(=O)(=O)NCCCCC(N)=NO)cn1. The van der Waals surface area contributed by atoms with Gasteiger partial charge in [0.15, 0.2) is 0 Å². The zero-order valence-electron chi connectivity index (χ0n) is 10.1. The Morgan fingerprint density at radius 2 is 2.33 bits per heavy atom. The number of amidine groups is 1. The molecule has 0 aliphatic carbocycles. The van der Waals surface area contributed by atoms with Crippen LogP contribution in [0.25, 0.3) is 0 Å². The van der Waals surface area contributed by atoms with Crippen molar-refractivity contribution in [1.82, 2.24) is 14.5 Å². The summed E-state index contributed by atoms with van der Waals surface area (Å²) in [6.45, 7) is 0.302. The summed E-state index contributed by atoms with van der Waals surface area (Å²) in [6.07, 6.45) is 4.41. The number of rotatable bonds is 7. The molecule has 1 aromatic heterocycles. The highest BCUT2D eigenvalue weighted by molar-refractivity contribution is 7.89. The molecule has 9 heteroatoms. The smallest absolute Gasteiger partial charge is 0.243 e. The average Bonchev–Trinajstić information content (AvgIpc) is 2.75. The summed E-state index contributed by atoms with van der Waals surface area (Å²) in [6, 6.07) is 0. The number of sulfonamides is 1. The van der Waals surface area contributed by atoms with Gasteiger partial charge < -0.3 is 10.9 Å². The van der Waals surface area contributed by atoms with E-state index in [-0.39, 0.29) is 10.7 Å². The first-order chi connectivity index (χ1) is 8.45. The van der Waals surface area contributed by atoms with Crippen LogP contribution < -0.4 is 10.5 Å². The molecule has 0 atom stereocenters. The van der Waals surface area contributed by atoms with Gasteiger partial charge in [-0.3, -0.25) is 4.68 Å². The van der Waals surface area contributed by atoms with E-state index in [0.717, 1.165) is 0 Å². The number of hydrogen-bond donors (Lipinski definition) is 3. The molecule has 1 rings (SSSR count). The number of aryl methyl sites for hydroxylation is 1.